The van der Waals surface area contributed by atoms with Gasteiger partial charge in [0.15, 0.2) is 0 Å². The number of amides is 1. The summed E-state index contributed by atoms with van der Waals surface area (Å²) in [5.74, 6) is -0.511. The first-order chi connectivity index (χ1) is 9.13. The molecule has 1 amide bonds. The Morgan fingerprint density at radius 2 is 2.37 bits per heavy atom. The molecule has 1 aliphatic rings. The highest BCUT2D eigenvalue weighted by Gasteiger charge is 2.30. The predicted octanol–water partition coefficient (Wildman–Crippen LogP) is 2.82. The van der Waals surface area contributed by atoms with Gasteiger partial charge in [0.05, 0.1) is 17.5 Å². The summed E-state index contributed by atoms with van der Waals surface area (Å²) < 4.78 is 5.02. The number of hydrogen-bond acceptors (Lipinski definition) is 4. The average Bonchev–Trinajstić information content (AvgIpc) is 2.84. The molecule has 0 spiro atoms. The first kappa shape index (κ1) is 14.3. The molecule has 0 aromatic carbocycles. The van der Waals surface area contributed by atoms with Gasteiger partial charge in [0.2, 0.25) is 0 Å². The van der Waals surface area contributed by atoms with Crippen molar-refractivity contribution < 1.29 is 14.3 Å². The summed E-state index contributed by atoms with van der Waals surface area (Å²) in [7, 11) is 0. The van der Waals surface area contributed by atoms with Crippen molar-refractivity contribution in [1.29, 1.82) is 0 Å². The van der Waals surface area contributed by atoms with Crippen LogP contribution in [0.5, 0.6) is 0 Å². The second-order valence-electron chi connectivity index (χ2n) is 4.44. The highest BCUT2D eigenvalue weighted by atomic mass is 35.5. The molecule has 0 bridgehead atoms. The van der Waals surface area contributed by atoms with E-state index in [1.807, 2.05) is 0 Å². The van der Waals surface area contributed by atoms with Gasteiger partial charge in [0.1, 0.15) is 4.88 Å². The number of nitrogens with zero attached hydrogens (tertiary/aromatic N) is 1. The Labute approximate surface area is 121 Å². The van der Waals surface area contributed by atoms with Gasteiger partial charge in [-0.05, 0) is 31.2 Å². The first-order valence-electron chi connectivity index (χ1n) is 6.32. The molecule has 6 heteroatoms. The van der Waals surface area contributed by atoms with Crippen LogP contribution in [0.1, 0.15) is 29.4 Å². The van der Waals surface area contributed by atoms with Crippen LogP contribution in [-0.4, -0.2) is 36.5 Å². The number of rotatable bonds is 3. The summed E-state index contributed by atoms with van der Waals surface area (Å²) in [6.07, 6.45) is 1.60. The van der Waals surface area contributed by atoms with Crippen LogP contribution >= 0.6 is 22.9 Å². The molecule has 1 aromatic heterocycles. The minimum absolute atomic E-state index is 0.0889. The number of esters is 1. The van der Waals surface area contributed by atoms with Gasteiger partial charge in [-0.2, -0.15) is 0 Å². The maximum Gasteiger partial charge on any atom is 0.310 e. The molecule has 1 aromatic rings. The van der Waals surface area contributed by atoms with Gasteiger partial charge in [-0.1, -0.05) is 11.6 Å². The zero-order chi connectivity index (χ0) is 13.8. The van der Waals surface area contributed by atoms with Crippen molar-refractivity contribution in [1.82, 2.24) is 4.90 Å². The summed E-state index contributed by atoms with van der Waals surface area (Å²) in [5, 5.41) is 2.27. The zero-order valence-corrected chi connectivity index (χ0v) is 12.3. The largest absolute Gasteiger partial charge is 0.466 e. The third-order valence-corrected chi connectivity index (χ3v) is 4.47. The molecular formula is C13H16ClNO3S. The maximum atomic E-state index is 12.3. The standard InChI is InChI=1S/C13H16ClNO3S/c1-2-18-13(17)9-4-3-6-15(8-9)12(16)11-10(14)5-7-19-11/h5,7,9H,2-4,6,8H2,1H3/t9-/m0/s1. The lowest BCUT2D eigenvalue weighted by Crippen LogP contribution is -2.42. The Balaban J connectivity index is 2.03. The molecule has 0 aliphatic carbocycles. The number of carbonyl (C=O) groups excluding carboxylic acids is 2. The lowest BCUT2D eigenvalue weighted by molar-refractivity contribution is -0.149. The van der Waals surface area contributed by atoms with Gasteiger partial charge in [0, 0.05) is 13.1 Å². The number of likely N-dealkylation sites (tertiary alicyclic amines) is 1. The lowest BCUT2D eigenvalue weighted by Gasteiger charge is -2.31. The lowest BCUT2D eigenvalue weighted by atomic mass is 9.98. The molecule has 0 radical (unpaired) electrons. The SMILES string of the molecule is CCOC(=O)[C@H]1CCCN(C(=O)c2sccc2Cl)C1. The molecule has 1 aliphatic heterocycles. The van der Waals surface area contributed by atoms with E-state index in [0.29, 0.717) is 29.6 Å². The number of hydrogen-bond donors (Lipinski definition) is 0. The Morgan fingerprint density at radius 3 is 3.00 bits per heavy atom. The monoisotopic (exact) mass is 301 g/mol. The summed E-state index contributed by atoms with van der Waals surface area (Å²) in [5.41, 5.74) is 0. The van der Waals surface area contributed by atoms with Crippen LogP contribution in [0.2, 0.25) is 5.02 Å². The number of ether oxygens (including phenoxy) is 1. The van der Waals surface area contributed by atoms with Crippen LogP contribution in [0.25, 0.3) is 0 Å². The third-order valence-electron chi connectivity index (χ3n) is 3.14. The summed E-state index contributed by atoms with van der Waals surface area (Å²) in [6.45, 7) is 3.25. The molecule has 0 unspecified atom stereocenters. The van der Waals surface area contributed by atoms with Gasteiger partial charge in [-0.15, -0.1) is 11.3 Å². The number of halogens is 1. The molecule has 2 rings (SSSR count). The molecule has 1 saturated heterocycles. The van der Waals surface area contributed by atoms with Gasteiger partial charge in [0.25, 0.3) is 5.91 Å². The molecule has 19 heavy (non-hydrogen) atoms. The van der Waals surface area contributed by atoms with Crippen LogP contribution in [-0.2, 0) is 9.53 Å². The molecule has 1 atom stereocenters. The van der Waals surface area contributed by atoms with Crippen molar-refractivity contribution in [3.63, 3.8) is 0 Å². The van der Waals surface area contributed by atoms with E-state index in [0.717, 1.165) is 12.8 Å². The smallest absolute Gasteiger partial charge is 0.310 e. The van der Waals surface area contributed by atoms with E-state index in [-0.39, 0.29) is 17.8 Å². The highest BCUT2D eigenvalue weighted by molar-refractivity contribution is 7.12. The quantitative estimate of drug-likeness (QED) is 0.807. The van der Waals surface area contributed by atoms with Crippen molar-refractivity contribution >= 4 is 34.8 Å². The van der Waals surface area contributed by atoms with Gasteiger partial charge >= 0.3 is 5.97 Å². The summed E-state index contributed by atoms with van der Waals surface area (Å²) in [6, 6.07) is 1.71. The Kier molecular flexibility index (Phi) is 4.82. The number of piperidine rings is 1. The fraction of sp³-hybridized carbons (Fsp3) is 0.538. The maximum absolute atomic E-state index is 12.3. The molecule has 1 fully saturated rings. The topological polar surface area (TPSA) is 46.6 Å². The van der Waals surface area contributed by atoms with Crippen molar-refractivity contribution in [2.75, 3.05) is 19.7 Å². The minimum atomic E-state index is -0.212. The molecule has 0 N–H and O–H groups in total. The van der Waals surface area contributed by atoms with Crippen molar-refractivity contribution in [3.05, 3.63) is 21.3 Å². The molecule has 104 valence electrons. The fourth-order valence-corrected chi connectivity index (χ4v) is 3.31. The van der Waals surface area contributed by atoms with Crippen LogP contribution in [0, 0.1) is 5.92 Å². The number of carbonyl (C=O) groups is 2. The van der Waals surface area contributed by atoms with Gasteiger partial charge in [-0.25, -0.2) is 0 Å². The Hall–Kier alpha value is -1.07. The highest BCUT2D eigenvalue weighted by Crippen LogP contribution is 2.26. The molecular weight excluding hydrogens is 286 g/mol. The number of thiophene rings is 1. The summed E-state index contributed by atoms with van der Waals surface area (Å²) in [4.78, 5) is 26.3. The van der Waals surface area contributed by atoms with E-state index < -0.39 is 0 Å². The Bertz CT molecular complexity index is 474. The van der Waals surface area contributed by atoms with Crippen LogP contribution < -0.4 is 0 Å². The van der Waals surface area contributed by atoms with E-state index >= 15 is 0 Å². The minimum Gasteiger partial charge on any atom is -0.466 e. The van der Waals surface area contributed by atoms with Crippen molar-refractivity contribution in [3.8, 4) is 0 Å². The predicted molar refractivity (Wildman–Crippen MR) is 74.6 cm³/mol. The molecule has 4 nitrogen and oxygen atoms in total. The molecule has 0 saturated carbocycles. The summed E-state index contributed by atoms with van der Waals surface area (Å²) >= 11 is 7.31. The van der Waals surface area contributed by atoms with E-state index in [1.165, 1.54) is 11.3 Å². The van der Waals surface area contributed by atoms with Crippen molar-refractivity contribution in [2.24, 2.45) is 5.92 Å². The van der Waals surface area contributed by atoms with E-state index in [9.17, 15) is 9.59 Å². The second-order valence-corrected chi connectivity index (χ2v) is 5.76. The Morgan fingerprint density at radius 1 is 1.58 bits per heavy atom. The van der Waals surface area contributed by atoms with E-state index in [2.05, 4.69) is 0 Å². The van der Waals surface area contributed by atoms with Gasteiger partial charge < -0.3 is 9.64 Å². The zero-order valence-electron chi connectivity index (χ0n) is 10.7. The van der Waals surface area contributed by atoms with Crippen molar-refractivity contribution in [2.45, 2.75) is 19.8 Å². The van der Waals surface area contributed by atoms with E-state index in [1.54, 1.807) is 23.3 Å². The molecule has 2 heterocycles. The van der Waals surface area contributed by atoms with Crippen LogP contribution in [0.3, 0.4) is 0 Å². The van der Waals surface area contributed by atoms with E-state index in [4.69, 9.17) is 16.3 Å². The fourth-order valence-electron chi connectivity index (χ4n) is 2.20. The van der Waals surface area contributed by atoms with Crippen LogP contribution in [0.15, 0.2) is 11.4 Å². The normalized spacial score (nSPS) is 19.3. The van der Waals surface area contributed by atoms with Crippen LogP contribution in [0.4, 0.5) is 0 Å². The second kappa shape index (κ2) is 6.39. The first-order valence-corrected chi connectivity index (χ1v) is 7.58. The average molecular weight is 302 g/mol. The third kappa shape index (κ3) is 3.28. The van der Waals surface area contributed by atoms with Gasteiger partial charge in [-0.3, -0.25) is 9.59 Å².